The van der Waals surface area contributed by atoms with E-state index < -0.39 is 12.0 Å². The van der Waals surface area contributed by atoms with Crippen LogP contribution in [0, 0.1) is 0 Å². The van der Waals surface area contributed by atoms with Crippen molar-refractivity contribution in [1.29, 1.82) is 0 Å². The molecule has 0 aliphatic carbocycles. The van der Waals surface area contributed by atoms with Crippen LogP contribution in [0.25, 0.3) is 0 Å². The average molecular weight is 254 g/mol. The van der Waals surface area contributed by atoms with E-state index in [4.69, 9.17) is 5.11 Å². The molecule has 1 aromatic rings. The van der Waals surface area contributed by atoms with E-state index >= 15 is 0 Å². The minimum absolute atomic E-state index is 0.211. The molecule has 5 nitrogen and oxygen atoms in total. The number of rotatable bonds is 6. The summed E-state index contributed by atoms with van der Waals surface area (Å²) in [6.07, 6.45) is 1.49. The van der Waals surface area contributed by atoms with Gasteiger partial charge in [0.05, 0.1) is 6.54 Å². The standard InChI is InChI=1S/C11H14N2O3S/c1-2-5-13(8-10(14)15)11(16)12-7-9-4-3-6-17-9/h2-4,6H,1,5,7-8H2,(H,12,16)(H,14,15). The fourth-order valence-corrected chi connectivity index (χ4v) is 1.87. The Morgan fingerprint density at radius 3 is 2.88 bits per heavy atom. The number of nitrogens with zero attached hydrogens (tertiary/aromatic N) is 1. The van der Waals surface area contributed by atoms with E-state index in [0.717, 1.165) is 4.88 Å². The molecule has 6 heteroatoms. The number of hydrogen-bond acceptors (Lipinski definition) is 3. The fourth-order valence-electron chi connectivity index (χ4n) is 1.23. The lowest BCUT2D eigenvalue weighted by Gasteiger charge is -2.19. The Morgan fingerprint density at radius 2 is 2.35 bits per heavy atom. The molecule has 0 saturated carbocycles. The van der Waals surface area contributed by atoms with Crippen molar-refractivity contribution < 1.29 is 14.7 Å². The van der Waals surface area contributed by atoms with Gasteiger partial charge in [-0.1, -0.05) is 12.1 Å². The van der Waals surface area contributed by atoms with Gasteiger partial charge >= 0.3 is 12.0 Å². The Bertz CT molecular complexity index is 389. The van der Waals surface area contributed by atoms with E-state index in [2.05, 4.69) is 11.9 Å². The monoisotopic (exact) mass is 254 g/mol. The summed E-state index contributed by atoms with van der Waals surface area (Å²) in [5.74, 6) is -1.04. The minimum Gasteiger partial charge on any atom is -0.480 e. The van der Waals surface area contributed by atoms with Gasteiger partial charge in [-0.3, -0.25) is 4.79 Å². The number of carbonyl (C=O) groups excluding carboxylic acids is 1. The van der Waals surface area contributed by atoms with Crippen LogP contribution >= 0.6 is 11.3 Å². The average Bonchev–Trinajstić information content (AvgIpc) is 2.77. The molecule has 0 unspecified atom stereocenters. The Kier molecular flexibility index (Phi) is 5.22. The van der Waals surface area contributed by atoms with Gasteiger partial charge in [0.15, 0.2) is 0 Å². The molecule has 0 radical (unpaired) electrons. The minimum atomic E-state index is -1.04. The quantitative estimate of drug-likeness (QED) is 0.756. The summed E-state index contributed by atoms with van der Waals surface area (Å²) < 4.78 is 0. The highest BCUT2D eigenvalue weighted by Gasteiger charge is 2.14. The summed E-state index contributed by atoms with van der Waals surface area (Å²) in [6.45, 7) is 3.77. The van der Waals surface area contributed by atoms with Gasteiger partial charge in [0.1, 0.15) is 6.54 Å². The molecule has 1 heterocycles. The Balaban J connectivity index is 2.46. The van der Waals surface area contributed by atoms with Crippen LogP contribution in [0.5, 0.6) is 0 Å². The van der Waals surface area contributed by atoms with Gasteiger partial charge in [0.25, 0.3) is 0 Å². The van der Waals surface area contributed by atoms with Gasteiger partial charge < -0.3 is 15.3 Å². The number of urea groups is 1. The molecule has 92 valence electrons. The van der Waals surface area contributed by atoms with Gasteiger partial charge in [-0.2, -0.15) is 0 Å². The molecule has 17 heavy (non-hydrogen) atoms. The second kappa shape index (κ2) is 6.70. The number of carboxylic acid groups (broad SMARTS) is 1. The van der Waals surface area contributed by atoms with Crippen molar-refractivity contribution in [2.75, 3.05) is 13.1 Å². The summed E-state index contributed by atoms with van der Waals surface area (Å²) in [4.78, 5) is 24.4. The summed E-state index contributed by atoms with van der Waals surface area (Å²) in [5, 5.41) is 13.2. The number of nitrogens with one attached hydrogen (secondary N) is 1. The zero-order chi connectivity index (χ0) is 12.7. The second-order valence-electron chi connectivity index (χ2n) is 3.30. The first-order valence-corrected chi connectivity index (χ1v) is 5.89. The molecule has 0 spiro atoms. The van der Waals surface area contributed by atoms with Crippen LogP contribution in [0.4, 0.5) is 4.79 Å². The van der Waals surface area contributed by atoms with Crippen LogP contribution in [-0.2, 0) is 11.3 Å². The van der Waals surface area contributed by atoms with Crippen LogP contribution in [-0.4, -0.2) is 35.1 Å². The van der Waals surface area contributed by atoms with Gasteiger partial charge in [-0.25, -0.2) is 4.79 Å². The first-order valence-electron chi connectivity index (χ1n) is 5.01. The number of thiophene rings is 1. The maximum atomic E-state index is 11.7. The summed E-state index contributed by atoms with van der Waals surface area (Å²) in [6, 6.07) is 3.39. The van der Waals surface area contributed by atoms with Gasteiger partial charge in [0, 0.05) is 11.4 Å². The zero-order valence-corrected chi connectivity index (χ0v) is 10.1. The van der Waals surface area contributed by atoms with Crippen molar-refractivity contribution in [3.63, 3.8) is 0 Å². The largest absolute Gasteiger partial charge is 0.480 e. The Morgan fingerprint density at radius 1 is 1.59 bits per heavy atom. The summed E-state index contributed by atoms with van der Waals surface area (Å²) in [7, 11) is 0. The van der Waals surface area contributed by atoms with Gasteiger partial charge in [-0.15, -0.1) is 17.9 Å². The Hall–Kier alpha value is -1.82. The topological polar surface area (TPSA) is 69.6 Å². The first kappa shape index (κ1) is 13.2. The molecule has 0 atom stereocenters. The highest BCUT2D eigenvalue weighted by Crippen LogP contribution is 2.07. The number of aliphatic carboxylic acids is 1. The van der Waals surface area contributed by atoms with Gasteiger partial charge in [-0.05, 0) is 11.4 Å². The third-order valence-corrected chi connectivity index (χ3v) is 2.83. The van der Waals surface area contributed by atoms with E-state index in [1.54, 1.807) is 0 Å². The highest BCUT2D eigenvalue weighted by atomic mass is 32.1. The third kappa shape index (κ3) is 4.69. The van der Waals surface area contributed by atoms with Crippen LogP contribution in [0.15, 0.2) is 30.2 Å². The lowest BCUT2D eigenvalue weighted by Crippen LogP contribution is -2.42. The van der Waals surface area contributed by atoms with E-state index in [9.17, 15) is 9.59 Å². The molecular weight excluding hydrogens is 240 g/mol. The van der Waals surface area contributed by atoms with Crippen LogP contribution in [0.2, 0.25) is 0 Å². The van der Waals surface area contributed by atoms with Crippen molar-refractivity contribution in [2.45, 2.75) is 6.54 Å². The van der Waals surface area contributed by atoms with Gasteiger partial charge in [0.2, 0.25) is 0 Å². The molecule has 0 bridgehead atoms. The molecule has 2 amide bonds. The van der Waals surface area contributed by atoms with Crippen LogP contribution in [0.1, 0.15) is 4.88 Å². The van der Waals surface area contributed by atoms with Crippen molar-refractivity contribution in [2.24, 2.45) is 0 Å². The first-order chi connectivity index (χ1) is 8.13. The lowest BCUT2D eigenvalue weighted by atomic mass is 10.4. The fraction of sp³-hybridized carbons (Fsp3) is 0.273. The van der Waals surface area contributed by atoms with E-state index in [1.807, 2.05) is 17.5 Å². The molecular formula is C11H14N2O3S. The smallest absolute Gasteiger partial charge is 0.323 e. The number of hydrogen-bond donors (Lipinski definition) is 2. The number of amides is 2. The number of carbonyl (C=O) groups is 2. The molecule has 1 rings (SSSR count). The third-order valence-electron chi connectivity index (χ3n) is 1.96. The second-order valence-corrected chi connectivity index (χ2v) is 4.33. The molecule has 0 fully saturated rings. The van der Waals surface area contributed by atoms with E-state index in [1.165, 1.54) is 22.3 Å². The summed E-state index contributed by atoms with van der Waals surface area (Å²) in [5.41, 5.74) is 0. The number of carboxylic acids is 1. The van der Waals surface area contributed by atoms with Crippen LogP contribution in [0.3, 0.4) is 0 Å². The molecule has 0 aromatic carbocycles. The zero-order valence-electron chi connectivity index (χ0n) is 9.26. The van der Waals surface area contributed by atoms with E-state index in [-0.39, 0.29) is 13.1 Å². The van der Waals surface area contributed by atoms with Crippen molar-refractivity contribution in [1.82, 2.24) is 10.2 Å². The molecule has 0 aliphatic heterocycles. The predicted octanol–water partition coefficient (Wildman–Crippen LogP) is 1.53. The predicted molar refractivity (Wildman–Crippen MR) is 66.0 cm³/mol. The maximum Gasteiger partial charge on any atom is 0.323 e. The highest BCUT2D eigenvalue weighted by molar-refractivity contribution is 7.09. The molecule has 0 aliphatic rings. The van der Waals surface area contributed by atoms with Crippen molar-refractivity contribution in [3.05, 3.63) is 35.0 Å². The molecule has 0 saturated heterocycles. The lowest BCUT2D eigenvalue weighted by molar-refractivity contribution is -0.137. The Labute approximate surface area is 103 Å². The summed E-state index contributed by atoms with van der Waals surface area (Å²) >= 11 is 1.53. The maximum absolute atomic E-state index is 11.7. The normalized spacial score (nSPS) is 9.65. The van der Waals surface area contributed by atoms with E-state index in [0.29, 0.717) is 6.54 Å². The van der Waals surface area contributed by atoms with Crippen molar-refractivity contribution in [3.8, 4) is 0 Å². The molecule has 2 N–H and O–H groups in total. The van der Waals surface area contributed by atoms with Crippen molar-refractivity contribution >= 4 is 23.3 Å². The molecule has 1 aromatic heterocycles. The van der Waals surface area contributed by atoms with Crippen LogP contribution < -0.4 is 5.32 Å². The SMILES string of the molecule is C=CCN(CC(=O)O)C(=O)NCc1cccs1.